The van der Waals surface area contributed by atoms with Crippen LogP contribution in [0.15, 0.2) is 0 Å². The van der Waals surface area contributed by atoms with E-state index in [4.69, 9.17) is 5.11 Å². The van der Waals surface area contributed by atoms with Crippen molar-refractivity contribution in [2.75, 3.05) is 7.11 Å². The van der Waals surface area contributed by atoms with E-state index in [1.165, 1.54) is 6.42 Å². The average molecular weight is 398 g/mol. The van der Waals surface area contributed by atoms with E-state index in [9.17, 15) is 0 Å². The summed E-state index contributed by atoms with van der Waals surface area (Å²) in [5.41, 5.74) is 0. The number of hydrogen-bond donors (Lipinski definition) is 1. The first kappa shape index (κ1) is 23.0. The fourth-order valence-electron chi connectivity index (χ4n) is 0.642. The van der Waals surface area contributed by atoms with Gasteiger partial charge in [0.1, 0.15) is 0 Å². The summed E-state index contributed by atoms with van der Waals surface area (Å²) in [5, 5.41) is 7.00. The quantitative estimate of drug-likeness (QED) is 0.532. The van der Waals surface area contributed by atoms with E-state index < -0.39 is 0 Å². The van der Waals surface area contributed by atoms with Crippen LogP contribution < -0.4 is 0 Å². The molecule has 0 aromatic carbocycles. The van der Waals surface area contributed by atoms with Gasteiger partial charge in [-0.25, -0.2) is 0 Å². The van der Waals surface area contributed by atoms with E-state index in [1.54, 1.807) is 0 Å². The molecule has 0 saturated heterocycles. The Hall–Kier alpha value is 0.830. The van der Waals surface area contributed by atoms with Crippen molar-refractivity contribution in [1.29, 1.82) is 0 Å². The van der Waals surface area contributed by atoms with E-state index in [0.29, 0.717) is 0 Å². The standard InChI is InChI=1S/2C5H5.C4H9.CH4O.Hf/c2*1-2-4-5-3-1;1-3-4-2;1-2;/h2*1-5H;1,3-4H2,2H3;2H,1H3;/q;;-1;;. The minimum atomic E-state index is 0. The second-order valence-electron chi connectivity index (χ2n) is 2.78. The molecule has 2 heteroatoms. The van der Waals surface area contributed by atoms with Gasteiger partial charge in [0.25, 0.3) is 0 Å². The number of unbranched alkanes of at least 4 members (excludes halogenated alkanes) is 1. The van der Waals surface area contributed by atoms with Crippen molar-refractivity contribution < 1.29 is 30.9 Å². The van der Waals surface area contributed by atoms with Gasteiger partial charge in [0.15, 0.2) is 0 Å². The minimum Gasteiger partial charge on any atom is -0.400 e. The molecule has 0 aliphatic heterocycles. The molecule has 0 bridgehead atoms. The van der Waals surface area contributed by atoms with E-state index in [0.717, 1.165) is 13.5 Å². The van der Waals surface area contributed by atoms with Crippen LogP contribution in [0, 0.1) is 71.1 Å². The molecular formula is C15H23HfO-. The largest absolute Gasteiger partial charge is 0.400 e. The molecule has 0 spiro atoms. The number of rotatable bonds is 1. The van der Waals surface area contributed by atoms with Crippen LogP contribution >= 0.6 is 0 Å². The summed E-state index contributed by atoms with van der Waals surface area (Å²) in [4.78, 5) is 0. The molecule has 0 amide bonds. The second kappa shape index (κ2) is 25.6. The van der Waals surface area contributed by atoms with Crippen LogP contribution in [0.1, 0.15) is 19.8 Å². The van der Waals surface area contributed by atoms with Crippen LogP contribution in [-0.4, -0.2) is 12.2 Å². The number of aliphatic hydroxyl groups is 1. The van der Waals surface area contributed by atoms with Gasteiger partial charge in [-0.15, -0.1) is 0 Å². The summed E-state index contributed by atoms with van der Waals surface area (Å²) in [5.74, 6) is 0. The predicted octanol–water partition coefficient (Wildman–Crippen LogP) is 3.27. The monoisotopic (exact) mass is 399 g/mol. The molecule has 1 nitrogen and oxygen atoms in total. The van der Waals surface area contributed by atoms with Crippen LogP contribution in [0.3, 0.4) is 0 Å². The zero-order valence-electron chi connectivity index (χ0n) is 10.8. The third-order valence-corrected chi connectivity index (χ3v) is 1.46. The van der Waals surface area contributed by atoms with Crippen LogP contribution in [0.25, 0.3) is 0 Å². The van der Waals surface area contributed by atoms with Crippen molar-refractivity contribution in [3.05, 3.63) is 71.1 Å². The predicted molar refractivity (Wildman–Crippen MR) is 71.4 cm³/mol. The van der Waals surface area contributed by atoms with Gasteiger partial charge in [0, 0.05) is 33.0 Å². The molecule has 0 unspecified atom stereocenters. The van der Waals surface area contributed by atoms with Crippen LogP contribution in [0.4, 0.5) is 0 Å². The number of hydrogen-bond acceptors (Lipinski definition) is 1. The van der Waals surface area contributed by atoms with Gasteiger partial charge < -0.3 is 12.0 Å². The van der Waals surface area contributed by atoms with Crippen molar-refractivity contribution in [1.82, 2.24) is 0 Å². The Labute approximate surface area is 129 Å². The second-order valence-corrected chi connectivity index (χ2v) is 2.78. The van der Waals surface area contributed by atoms with Gasteiger partial charge in [-0.3, -0.25) is 0 Å². The molecule has 2 aliphatic carbocycles. The smallest absolute Gasteiger partial charge is 0.0319 e. The first-order valence-electron chi connectivity index (χ1n) is 5.49. The van der Waals surface area contributed by atoms with Crippen molar-refractivity contribution in [3.8, 4) is 0 Å². The fourth-order valence-corrected chi connectivity index (χ4v) is 0.642. The van der Waals surface area contributed by atoms with Gasteiger partial charge in [-0.05, 0) is 64.2 Å². The summed E-state index contributed by atoms with van der Waals surface area (Å²) in [6.07, 6.45) is 22.3. The molecule has 2 aliphatic rings. The first-order valence-corrected chi connectivity index (χ1v) is 5.49. The zero-order valence-corrected chi connectivity index (χ0v) is 14.4. The van der Waals surface area contributed by atoms with Crippen molar-refractivity contribution in [2.24, 2.45) is 0 Å². The van der Waals surface area contributed by atoms with Crippen molar-refractivity contribution in [2.45, 2.75) is 19.8 Å². The Morgan fingerprint density at radius 2 is 0.824 bits per heavy atom. The topological polar surface area (TPSA) is 20.2 Å². The molecular weight excluding hydrogens is 375 g/mol. The summed E-state index contributed by atoms with van der Waals surface area (Å²) < 4.78 is 0. The molecule has 0 aromatic rings. The maximum absolute atomic E-state index is 7.00. The Morgan fingerprint density at radius 1 is 0.706 bits per heavy atom. The molecule has 17 heavy (non-hydrogen) atoms. The Morgan fingerprint density at radius 3 is 0.882 bits per heavy atom. The van der Waals surface area contributed by atoms with Crippen molar-refractivity contribution >= 4 is 0 Å². The van der Waals surface area contributed by atoms with E-state index in [-0.39, 0.29) is 25.8 Å². The molecule has 2 rings (SSSR count). The summed E-state index contributed by atoms with van der Waals surface area (Å²) >= 11 is 0. The summed E-state index contributed by atoms with van der Waals surface area (Å²) in [6, 6.07) is 0. The van der Waals surface area contributed by atoms with Crippen molar-refractivity contribution in [3.63, 3.8) is 0 Å². The Kier molecular flexibility index (Phi) is 34.6. The van der Waals surface area contributed by atoms with Gasteiger partial charge >= 0.3 is 0 Å². The maximum atomic E-state index is 7.00. The van der Waals surface area contributed by atoms with Crippen LogP contribution in [0.2, 0.25) is 0 Å². The normalized spacial score (nSPS) is 16.2. The average Bonchev–Trinajstić information content (AvgIpc) is 3.07. The van der Waals surface area contributed by atoms with Gasteiger partial charge in [0.05, 0.1) is 0 Å². The molecule has 0 atom stereocenters. The zero-order chi connectivity index (χ0) is 12.5. The van der Waals surface area contributed by atoms with E-state index in [1.807, 2.05) is 64.2 Å². The Balaban J connectivity index is -0.000000158. The third kappa shape index (κ3) is 26.4. The van der Waals surface area contributed by atoms with Gasteiger partial charge in [-0.2, -0.15) is 6.42 Å². The maximum Gasteiger partial charge on any atom is 0.0319 e. The SMILES string of the molecule is CO.[CH2-]CCC.[CH]1[CH][CH][CH][CH]1.[CH]1[CH][CH][CH][CH]1.[Hf]. The summed E-state index contributed by atoms with van der Waals surface area (Å²) in [6.45, 7) is 5.72. The fraction of sp³-hybridized carbons (Fsp3) is 0.267. The summed E-state index contributed by atoms with van der Waals surface area (Å²) in [7, 11) is 1.00. The third-order valence-electron chi connectivity index (χ3n) is 1.46. The number of aliphatic hydroxyl groups excluding tert-OH is 1. The molecule has 0 heterocycles. The first-order chi connectivity index (χ1) is 7.91. The van der Waals surface area contributed by atoms with Crippen LogP contribution in [-0.2, 0) is 25.8 Å². The Bertz CT molecular complexity index is 61.7. The molecule has 0 aromatic heterocycles. The van der Waals surface area contributed by atoms with Gasteiger partial charge in [-0.1, -0.05) is 13.3 Å². The van der Waals surface area contributed by atoms with E-state index >= 15 is 0 Å². The minimum absolute atomic E-state index is 0. The molecule has 1 N–H and O–H groups in total. The molecule has 2 saturated carbocycles. The van der Waals surface area contributed by atoms with E-state index in [2.05, 4.69) is 13.8 Å². The molecule has 94 valence electrons. The van der Waals surface area contributed by atoms with Crippen LogP contribution in [0.5, 0.6) is 0 Å². The van der Waals surface area contributed by atoms with Gasteiger partial charge in [0.2, 0.25) is 0 Å². The molecule has 10 radical (unpaired) electrons. The molecule has 2 fully saturated rings.